The molecule has 2 amide bonds. The minimum Gasteiger partial charge on any atom is -0.464 e. The first-order valence-electron chi connectivity index (χ1n) is 20.2. The second kappa shape index (κ2) is 19.7. The molecule has 2 unspecified atom stereocenters. The third kappa shape index (κ3) is 10.1. The van der Waals surface area contributed by atoms with E-state index in [0.717, 1.165) is 47.9 Å². The van der Waals surface area contributed by atoms with Gasteiger partial charge >= 0.3 is 11.9 Å². The predicted octanol–water partition coefficient (Wildman–Crippen LogP) is 9.95. The quantitative estimate of drug-likeness (QED) is 0.129. The standard InChI is InChI=1S/2C23H23Cl2NO4/c2*1-2-29-23(28)21(15-6-7-15)26-19(27)13-30-22(16-4-3-5-18(25)12-16)20(26)14-8-10-17(24)11-9-14/h2*3-5,8-12,15,20-22H,2,6-7,13H2,1H3/t20?,21-,22+;20?,21-,22-/m01/s1. The van der Waals surface area contributed by atoms with Crippen LogP contribution in [-0.4, -0.2) is 72.1 Å². The molecule has 4 aromatic carbocycles. The molecule has 0 N–H and O–H groups in total. The number of halogens is 4. The Morgan fingerprint density at radius 3 is 1.25 bits per heavy atom. The Bertz CT molecular complexity index is 2010. The van der Waals surface area contributed by atoms with Crippen molar-refractivity contribution in [2.24, 2.45) is 11.8 Å². The fourth-order valence-electron chi connectivity index (χ4n) is 8.17. The van der Waals surface area contributed by atoms with Crippen molar-refractivity contribution in [3.8, 4) is 0 Å². The lowest BCUT2D eigenvalue weighted by molar-refractivity contribution is -0.174. The third-order valence-corrected chi connectivity index (χ3v) is 12.1. The van der Waals surface area contributed by atoms with Crippen molar-refractivity contribution in [2.45, 2.75) is 75.9 Å². The summed E-state index contributed by atoms with van der Waals surface area (Å²) in [5, 5.41) is 2.35. The van der Waals surface area contributed by atoms with Crippen molar-refractivity contribution in [2.75, 3.05) is 26.4 Å². The summed E-state index contributed by atoms with van der Waals surface area (Å²) in [6.07, 6.45) is 2.62. The number of amides is 2. The van der Waals surface area contributed by atoms with Crippen LogP contribution in [0.15, 0.2) is 97.1 Å². The van der Waals surface area contributed by atoms with Gasteiger partial charge in [-0.15, -0.1) is 0 Å². The topological polar surface area (TPSA) is 112 Å². The van der Waals surface area contributed by atoms with Crippen LogP contribution in [0.5, 0.6) is 0 Å². The van der Waals surface area contributed by atoms with E-state index in [0.29, 0.717) is 20.1 Å². The van der Waals surface area contributed by atoms with E-state index in [4.69, 9.17) is 65.4 Å². The van der Waals surface area contributed by atoms with Gasteiger partial charge in [0.25, 0.3) is 0 Å². The van der Waals surface area contributed by atoms with E-state index in [1.165, 1.54) is 0 Å². The molecule has 10 nitrogen and oxygen atoms in total. The van der Waals surface area contributed by atoms with E-state index in [9.17, 15) is 19.2 Å². The van der Waals surface area contributed by atoms with Crippen LogP contribution in [-0.2, 0) is 38.1 Å². The van der Waals surface area contributed by atoms with E-state index >= 15 is 0 Å². The van der Waals surface area contributed by atoms with Gasteiger partial charge in [-0.3, -0.25) is 9.59 Å². The average Bonchev–Trinajstić information content (AvgIpc) is 4.18. The number of carbonyl (C=O) groups excluding carboxylic acids is 4. The molecular weight excluding hydrogens is 850 g/mol. The lowest BCUT2D eigenvalue weighted by atomic mass is 9.90. The van der Waals surface area contributed by atoms with Gasteiger partial charge in [-0.1, -0.05) is 94.9 Å². The maximum Gasteiger partial charge on any atom is 0.329 e. The zero-order valence-electron chi connectivity index (χ0n) is 33.2. The second-order valence-electron chi connectivity index (χ2n) is 15.2. The highest BCUT2D eigenvalue weighted by molar-refractivity contribution is 6.31. The van der Waals surface area contributed by atoms with E-state index in [2.05, 4.69) is 0 Å². The highest BCUT2D eigenvalue weighted by Gasteiger charge is 2.52. The van der Waals surface area contributed by atoms with Gasteiger partial charge in [0.15, 0.2) is 0 Å². The van der Waals surface area contributed by atoms with Gasteiger partial charge in [0.05, 0.1) is 25.3 Å². The predicted molar refractivity (Wildman–Crippen MR) is 229 cm³/mol. The number of nitrogens with zero attached hydrogens (tertiary/aromatic N) is 2. The van der Waals surface area contributed by atoms with Crippen LogP contribution >= 0.6 is 46.4 Å². The van der Waals surface area contributed by atoms with Gasteiger partial charge in [0.1, 0.15) is 37.5 Å². The van der Waals surface area contributed by atoms with Gasteiger partial charge < -0.3 is 28.7 Å². The van der Waals surface area contributed by atoms with Crippen LogP contribution < -0.4 is 0 Å². The molecule has 0 spiro atoms. The van der Waals surface area contributed by atoms with Crippen LogP contribution in [0, 0.1) is 11.8 Å². The molecule has 4 fully saturated rings. The Hall–Kier alpha value is -4.16. The molecule has 6 atom stereocenters. The summed E-state index contributed by atoms with van der Waals surface area (Å²) in [5.41, 5.74) is 3.37. The van der Waals surface area contributed by atoms with Gasteiger partial charge in [-0.2, -0.15) is 0 Å². The lowest BCUT2D eigenvalue weighted by Gasteiger charge is -2.44. The SMILES string of the molecule is CCOC(=O)[C@@H](C1CC1)N1C(=O)CO[C@H](c2cccc(Cl)c2)C1c1ccc(Cl)cc1.CCOC(=O)[C@H](C1CC1)N1C(=O)CO[C@H](c2cccc(Cl)c2)C1c1ccc(Cl)cc1. The van der Waals surface area contributed by atoms with Crippen molar-refractivity contribution in [1.29, 1.82) is 0 Å². The van der Waals surface area contributed by atoms with E-state index < -0.39 is 36.4 Å². The first-order valence-corrected chi connectivity index (χ1v) is 21.7. The number of hydrogen-bond donors (Lipinski definition) is 0. The van der Waals surface area contributed by atoms with Gasteiger partial charge in [0, 0.05) is 20.1 Å². The highest BCUT2D eigenvalue weighted by Crippen LogP contribution is 2.48. The van der Waals surface area contributed by atoms with Crippen molar-refractivity contribution in [3.05, 3.63) is 139 Å². The Morgan fingerprint density at radius 2 is 0.933 bits per heavy atom. The molecule has 8 rings (SSSR count). The lowest BCUT2D eigenvalue weighted by Crippen LogP contribution is -2.54. The maximum absolute atomic E-state index is 13.1. The maximum atomic E-state index is 13.1. The Balaban J connectivity index is 0.000000181. The van der Waals surface area contributed by atoms with Crippen LogP contribution in [0.4, 0.5) is 0 Å². The van der Waals surface area contributed by atoms with Gasteiger partial charge in [0.2, 0.25) is 11.8 Å². The van der Waals surface area contributed by atoms with Crippen LogP contribution in [0.3, 0.4) is 0 Å². The van der Waals surface area contributed by atoms with E-state index in [1.807, 2.05) is 60.7 Å². The molecule has 0 bridgehead atoms. The normalized spacial score (nSPS) is 22.6. The second-order valence-corrected chi connectivity index (χ2v) is 17.0. The number of carbonyl (C=O) groups is 4. The minimum absolute atomic E-state index is 0.0981. The largest absolute Gasteiger partial charge is 0.464 e. The molecule has 60 heavy (non-hydrogen) atoms. The molecule has 2 aliphatic heterocycles. The van der Waals surface area contributed by atoms with Crippen LogP contribution in [0.2, 0.25) is 20.1 Å². The smallest absolute Gasteiger partial charge is 0.329 e. The summed E-state index contributed by atoms with van der Waals surface area (Å²) in [6.45, 7) is 3.87. The van der Waals surface area contributed by atoms with E-state index in [-0.39, 0.29) is 62.0 Å². The number of morpholine rings is 2. The van der Waals surface area contributed by atoms with Crippen molar-refractivity contribution < 1.29 is 38.1 Å². The minimum atomic E-state index is -0.635. The molecule has 4 aliphatic rings. The molecule has 2 heterocycles. The van der Waals surface area contributed by atoms with Gasteiger partial charge in [-0.05, 0) is 122 Å². The van der Waals surface area contributed by atoms with Crippen molar-refractivity contribution in [1.82, 2.24) is 9.80 Å². The summed E-state index contributed by atoms with van der Waals surface area (Å²) in [5.74, 6) is -0.976. The molecule has 4 aromatic rings. The summed E-state index contributed by atoms with van der Waals surface area (Å²) in [7, 11) is 0. The van der Waals surface area contributed by atoms with Gasteiger partial charge in [-0.25, -0.2) is 9.59 Å². The molecule has 2 saturated carbocycles. The summed E-state index contributed by atoms with van der Waals surface area (Å²) < 4.78 is 22.7. The number of benzene rings is 4. The van der Waals surface area contributed by atoms with Crippen LogP contribution in [0.1, 0.15) is 86.1 Å². The third-order valence-electron chi connectivity index (χ3n) is 11.1. The van der Waals surface area contributed by atoms with Crippen molar-refractivity contribution in [3.63, 3.8) is 0 Å². The monoisotopic (exact) mass is 894 g/mol. The molecule has 316 valence electrons. The fourth-order valence-corrected chi connectivity index (χ4v) is 8.82. The molecule has 0 radical (unpaired) electrons. The number of rotatable bonds is 12. The zero-order valence-corrected chi connectivity index (χ0v) is 36.2. The number of esters is 2. The molecule has 2 saturated heterocycles. The number of hydrogen-bond acceptors (Lipinski definition) is 8. The summed E-state index contributed by atoms with van der Waals surface area (Å²) >= 11 is 24.7. The highest BCUT2D eigenvalue weighted by atomic mass is 35.5. The Morgan fingerprint density at radius 1 is 0.567 bits per heavy atom. The average molecular weight is 897 g/mol. The van der Waals surface area contributed by atoms with Crippen LogP contribution in [0.25, 0.3) is 0 Å². The number of ether oxygens (including phenoxy) is 4. The fraction of sp³-hybridized carbons (Fsp3) is 0.391. The van der Waals surface area contributed by atoms with Crippen molar-refractivity contribution >= 4 is 70.2 Å². The first kappa shape index (κ1) is 43.9. The summed E-state index contributed by atoms with van der Waals surface area (Å²) in [6, 6.07) is 27.1. The first-order chi connectivity index (χ1) is 29.0. The van der Waals surface area contributed by atoms with E-state index in [1.54, 1.807) is 60.0 Å². The molecule has 2 aliphatic carbocycles. The Labute approximate surface area is 369 Å². The zero-order chi connectivity index (χ0) is 42.5. The Kier molecular flexibility index (Phi) is 14.4. The molecule has 14 heteroatoms. The summed E-state index contributed by atoms with van der Waals surface area (Å²) in [4.78, 5) is 55.4. The molecular formula is C46H46Cl4N2O8. The molecule has 0 aromatic heterocycles.